The number of anilines is 1. The summed E-state index contributed by atoms with van der Waals surface area (Å²) >= 11 is 0. The first-order valence-corrected chi connectivity index (χ1v) is 12.0. The van der Waals surface area contributed by atoms with Crippen molar-refractivity contribution in [1.29, 1.82) is 5.26 Å². The monoisotopic (exact) mass is 510 g/mol. The third-order valence-electron chi connectivity index (χ3n) is 5.38. The Morgan fingerprint density at radius 1 is 1.26 bits per heavy atom. The molecule has 0 aromatic carbocycles. The number of hydrogen-bond donors (Lipinski definition) is 1. The minimum atomic E-state index is -4.80. The Kier molecular flexibility index (Phi) is 6.43. The molecule has 0 unspecified atom stereocenters. The Morgan fingerprint density at radius 2 is 2.03 bits per heavy atom. The van der Waals surface area contributed by atoms with E-state index >= 15 is 0 Å². The summed E-state index contributed by atoms with van der Waals surface area (Å²) < 4.78 is 81.3. The summed E-state index contributed by atoms with van der Waals surface area (Å²) in [5.74, 6) is -0.262. The molecule has 0 bridgehead atoms. The van der Waals surface area contributed by atoms with Gasteiger partial charge < -0.3 is 9.88 Å². The second kappa shape index (κ2) is 9.19. The van der Waals surface area contributed by atoms with Crippen LogP contribution in [-0.2, 0) is 16.2 Å². The first-order chi connectivity index (χ1) is 16.5. The lowest BCUT2D eigenvalue weighted by atomic mass is 10.1. The van der Waals surface area contributed by atoms with Crippen LogP contribution in [0.1, 0.15) is 17.7 Å². The van der Waals surface area contributed by atoms with E-state index in [0.717, 1.165) is 10.6 Å². The maximum atomic E-state index is 14.6. The van der Waals surface area contributed by atoms with Gasteiger partial charge in [0, 0.05) is 31.7 Å². The molecule has 1 fully saturated rings. The largest absolute Gasteiger partial charge is 0.420 e. The molecule has 184 valence electrons. The molecular formula is C20H18F4N8O2S. The van der Waals surface area contributed by atoms with Crippen molar-refractivity contribution in [2.45, 2.75) is 24.8 Å². The van der Waals surface area contributed by atoms with Gasteiger partial charge in [-0.05, 0) is 18.6 Å². The van der Waals surface area contributed by atoms with E-state index in [2.05, 4.69) is 25.3 Å². The Morgan fingerprint density at radius 3 is 2.69 bits per heavy atom. The number of piperidine rings is 1. The number of pyridine rings is 1. The topological polar surface area (TPSA) is 130 Å². The van der Waals surface area contributed by atoms with E-state index in [1.165, 1.54) is 23.3 Å². The van der Waals surface area contributed by atoms with Crippen molar-refractivity contribution in [3.63, 3.8) is 0 Å². The van der Waals surface area contributed by atoms with Crippen LogP contribution in [-0.4, -0.2) is 68.8 Å². The highest BCUT2D eigenvalue weighted by atomic mass is 32.2. The Hall–Kier alpha value is -3.64. The fourth-order valence-corrected chi connectivity index (χ4v) is 4.48. The second-order valence-electron chi connectivity index (χ2n) is 7.78. The predicted octanol–water partition coefficient (Wildman–Crippen LogP) is 2.40. The number of hydrogen-bond acceptors (Lipinski definition) is 8. The molecule has 0 spiro atoms. The number of aromatic nitrogens is 5. The van der Waals surface area contributed by atoms with Gasteiger partial charge in [0.2, 0.25) is 16.0 Å². The number of rotatable bonds is 5. The molecule has 15 heteroatoms. The smallest absolute Gasteiger partial charge is 0.348 e. The molecule has 4 heterocycles. The molecule has 1 saturated heterocycles. The molecule has 0 aliphatic carbocycles. The average Bonchev–Trinajstić information content (AvgIpc) is 3.29. The third-order valence-corrected chi connectivity index (χ3v) is 6.65. The summed E-state index contributed by atoms with van der Waals surface area (Å²) in [6, 6.07) is 4.11. The Bertz CT molecular complexity index is 1390. The van der Waals surface area contributed by atoms with E-state index in [1.807, 2.05) is 6.07 Å². The highest BCUT2D eigenvalue weighted by molar-refractivity contribution is 7.88. The van der Waals surface area contributed by atoms with Crippen LogP contribution in [0.25, 0.3) is 17.1 Å². The van der Waals surface area contributed by atoms with Gasteiger partial charge >= 0.3 is 6.18 Å². The zero-order chi connectivity index (χ0) is 25.4. The van der Waals surface area contributed by atoms with Crippen LogP contribution < -0.4 is 5.32 Å². The zero-order valence-corrected chi connectivity index (χ0v) is 18.9. The van der Waals surface area contributed by atoms with Crippen molar-refractivity contribution in [2.24, 2.45) is 0 Å². The molecule has 0 saturated carbocycles. The van der Waals surface area contributed by atoms with E-state index in [0.29, 0.717) is 11.9 Å². The minimum Gasteiger partial charge on any atom is -0.348 e. The summed E-state index contributed by atoms with van der Waals surface area (Å²) in [4.78, 5) is 15.6. The molecule has 3 aromatic heterocycles. The van der Waals surface area contributed by atoms with Crippen molar-refractivity contribution in [3.8, 4) is 23.1 Å². The number of nitrogens with one attached hydrogen (secondary N) is 1. The SMILES string of the molecule is CS(=O)(=O)N1CC[C@H](Nc2ncc(C(F)(F)F)c(-c3cn(-c4cccnc4C#N)cn3)n2)[C@H](F)C1. The molecule has 4 rings (SSSR count). The van der Waals surface area contributed by atoms with Gasteiger partial charge in [-0.2, -0.15) is 22.7 Å². The van der Waals surface area contributed by atoms with Crippen LogP contribution in [0, 0.1) is 11.3 Å². The van der Waals surface area contributed by atoms with Crippen LogP contribution in [0.15, 0.2) is 37.1 Å². The van der Waals surface area contributed by atoms with Gasteiger partial charge in [-0.15, -0.1) is 0 Å². The van der Waals surface area contributed by atoms with Crippen molar-refractivity contribution >= 4 is 16.0 Å². The maximum Gasteiger partial charge on any atom is 0.420 e. The van der Waals surface area contributed by atoms with Crippen molar-refractivity contribution in [3.05, 3.63) is 48.3 Å². The number of sulfonamides is 1. The quantitative estimate of drug-likeness (QED) is 0.518. The molecule has 3 aromatic rings. The van der Waals surface area contributed by atoms with Gasteiger partial charge in [0.1, 0.15) is 35.5 Å². The summed E-state index contributed by atoms with van der Waals surface area (Å²) in [5.41, 5.74) is -1.48. The maximum absolute atomic E-state index is 14.6. The van der Waals surface area contributed by atoms with Gasteiger partial charge in [-0.1, -0.05) is 0 Å². The number of nitrogens with zero attached hydrogens (tertiary/aromatic N) is 7. The first-order valence-electron chi connectivity index (χ1n) is 10.2. The molecule has 1 aliphatic heterocycles. The fraction of sp³-hybridized carbons (Fsp3) is 0.350. The van der Waals surface area contributed by atoms with Gasteiger partial charge in [0.25, 0.3) is 0 Å². The molecule has 2 atom stereocenters. The zero-order valence-electron chi connectivity index (χ0n) is 18.1. The van der Waals surface area contributed by atoms with Crippen LogP contribution in [0.5, 0.6) is 0 Å². The second-order valence-corrected chi connectivity index (χ2v) is 9.76. The van der Waals surface area contributed by atoms with E-state index in [-0.39, 0.29) is 36.8 Å². The van der Waals surface area contributed by atoms with Crippen LogP contribution in [0.4, 0.5) is 23.5 Å². The van der Waals surface area contributed by atoms with Crippen molar-refractivity contribution < 1.29 is 26.0 Å². The highest BCUT2D eigenvalue weighted by Crippen LogP contribution is 2.36. The Balaban J connectivity index is 1.66. The summed E-state index contributed by atoms with van der Waals surface area (Å²) in [6.45, 7) is -0.345. The lowest BCUT2D eigenvalue weighted by molar-refractivity contribution is -0.137. The summed E-state index contributed by atoms with van der Waals surface area (Å²) in [6.07, 6.45) is -0.905. The van der Waals surface area contributed by atoms with Crippen LogP contribution >= 0.6 is 0 Å². The van der Waals surface area contributed by atoms with Crippen LogP contribution in [0.2, 0.25) is 0 Å². The number of alkyl halides is 4. The first kappa shape index (κ1) is 24.5. The van der Waals surface area contributed by atoms with E-state index < -0.39 is 39.7 Å². The molecule has 10 nitrogen and oxygen atoms in total. The lowest BCUT2D eigenvalue weighted by Gasteiger charge is -2.33. The molecule has 35 heavy (non-hydrogen) atoms. The lowest BCUT2D eigenvalue weighted by Crippen LogP contribution is -2.49. The number of nitriles is 1. The fourth-order valence-electron chi connectivity index (χ4n) is 3.63. The molecular weight excluding hydrogens is 492 g/mol. The average molecular weight is 510 g/mol. The van der Waals surface area contributed by atoms with Crippen molar-refractivity contribution in [2.75, 3.05) is 24.7 Å². The minimum absolute atomic E-state index is 0.0428. The van der Waals surface area contributed by atoms with Crippen molar-refractivity contribution in [1.82, 2.24) is 28.8 Å². The highest BCUT2D eigenvalue weighted by Gasteiger charge is 2.37. The molecule has 1 N–H and O–H groups in total. The third kappa shape index (κ3) is 5.23. The normalized spacial score (nSPS) is 19.3. The van der Waals surface area contributed by atoms with Crippen LogP contribution in [0.3, 0.4) is 0 Å². The molecule has 1 aliphatic rings. The summed E-state index contributed by atoms with van der Waals surface area (Å²) in [7, 11) is -3.57. The van der Waals surface area contributed by atoms with E-state index in [9.17, 15) is 31.2 Å². The molecule has 0 radical (unpaired) electrons. The van der Waals surface area contributed by atoms with Gasteiger partial charge in [-0.3, -0.25) is 0 Å². The van der Waals surface area contributed by atoms with Gasteiger partial charge in [0.15, 0.2) is 5.69 Å². The van der Waals surface area contributed by atoms with Gasteiger partial charge in [-0.25, -0.2) is 32.7 Å². The number of halogens is 4. The van der Waals surface area contributed by atoms with E-state index in [4.69, 9.17) is 0 Å². The van der Waals surface area contributed by atoms with E-state index in [1.54, 1.807) is 12.1 Å². The molecule has 0 amide bonds. The number of imidazole rings is 1. The Labute approximate surface area is 197 Å². The standard InChI is InChI=1S/C20H18F4N8O2S/c1-35(33,34)32-6-4-14(13(21)9-32)29-19-27-8-12(20(22,23)24)18(30-19)16-10-31(11-28-16)17-3-2-5-26-15(17)7-25/h2-3,5,8,10-11,13-14H,4,6,9H2,1H3,(H,27,29,30)/t13-,14+/m1/s1. The summed E-state index contributed by atoms with van der Waals surface area (Å²) in [5, 5.41) is 11.9. The van der Waals surface area contributed by atoms with Gasteiger partial charge in [0.05, 0.1) is 18.0 Å². The predicted molar refractivity (Wildman–Crippen MR) is 115 cm³/mol.